The van der Waals surface area contributed by atoms with Gasteiger partial charge in [0.15, 0.2) is 0 Å². The molecule has 2 N–H and O–H groups in total. The van der Waals surface area contributed by atoms with Crippen molar-refractivity contribution in [1.29, 1.82) is 0 Å². The lowest BCUT2D eigenvalue weighted by Gasteiger charge is -2.20. The SMILES string of the molecule is CNS(=O)(=O)c1ccccc1S(=O)(=O)N(C)C[C@@H](C)O. The molecule has 0 aliphatic carbocycles. The molecule has 1 rings (SSSR count). The minimum Gasteiger partial charge on any atom is -0.392 e. The largest absolute Gasteiger partial charge is 0.392 e. The molecule has 20 heavy (non-hydrogen) atoms. The van der Waals surface area contributed by atoms with Crippen molar-refractivity contribution in [3.63, 3.8) is 0 Å². The standard InChI is InChI=1S/C11H18N2O5S2/c1-9(14)8-13(3)20(17,18)11-7-5-4-6-10(11)19(15,16)12-2/h4-7,9,12,14H,8H2,1-3H3/t9-/m1/s1. The molecule has 0 unspecified atom stereocenters. The number of likely N-dealkylation sites (N-methyl/N-ethyl adjacent to an activating group) is 1. The van der Waals surface area contributed by atoms with Crippen LogP contribution in [-0.4, -0.2) is 53.0 Å². The monoisotopic (exact) mass is 322 g/mol. The number of aliphatic hydroxyl groups excluding tert-OH is 1. The highest BCUT2D eigenvalue weighted by molar-refractivity contribution is 7.92. The number of hydrogen-bond acceptors (Lipinski definition) is 5. The van der Waals surface area contributed by atoms with Gasteiger partial charge in [-0.15, -0.1) is 0 Å². The molecule has 0 fully saturated rings. The summed E-state index contributed by atoms with van der Waals surface area (Å²) in [5, 5.41) is 9.27. The van der Waals surface area contributed by atoms with Crippen LogP contribution in [0.25, 0.3) is 0 Å². The zero-order chi connectivity index (χ0) is 15.6. The molecular weight excluding hydrogens is 304 g/mol. The van der Waals surface area contributed by atoms with Crippen molar-refractivity contribution >= 4 is 20.0 Å². The second kappa shape index (κ2) is 6.19. The second-order valence-electron chi connectivity index (χ2n) is 4.29. The van der Waals surface area contributed by atoms with Gasteiger partial charge in [0, 0.05) is 13.6 Å². The summed E-state index contributed by atoms with van der Waals surface area (Å²) in [6.45, 7) is 1.32. The van der Waals surface area contributed by atoms with Gasteiger partial charge in [-0.2, -0.15) is 4.31 Å². The van der Waals surface area contributed by atoms with E-state index in [1.165, 1.54) is 45.3 Å². The van der Waals surface area contributed by atoms with E-state index in [4.69, 9.17) is 0 Å². The van der Waals surface area contributed by atoms with Crippen LogP contribution >= 0.6 is 0 Å². The first kappa shape index (κ1) is 17.1. The molecule has 0 aliphatic heterocycles. The molecule has 0 bridgehead atoms. The van der Waals surface area contributed by atoms with Crippen LogP contribution in [0.1, 0.15) is 6.92 Å². The van der Waals surface area contributed by atoms with Gasteiger partial charge < -0.3 is 5.11 Å². The van der Waals surface area contributed by atoms with Crippen LogP contribution in [0.15, 0.2) is 34.1 Å². The molecule has 1 aromatic carbocycles. The summed E-state index contributed by atoms with van der Waals surface area (Å²) in [4.78, 5) is -0.641. The van der Waals surface area contributed by atoms with Gasteiger partial charge in [-0.1, -0.05) is 12.1 Å². The van der Waals surface area contributed by atoms with Crippen LogP contribution in [0.3, 0.4) is 0 Å². The first-order valence-electron chi connectivity index (χ1n) is 5.80. The quantitative estimate of drug-likeness (QED) is 0.741. The van der Waals surface area contributed by atoms with Crippen molar-refractivity contribution in [2.75, 3.05) is 20.6 Å². The summed E-state index contributed by atoms with van der Waals surface area (Å²) < 4.78 is 51.5. The highest BCUT2D eigenvalue weighted by Gasteiger charge is 2.29. The van der Waals surface area contributed by atoms with E-state index in [1.807, 2.05) is 0 Å². The normalized spacial score (nSPS) is 14.4. The number of sulfonamides is 2. The summed E-state index contributed by atoms with van der Waals surface area (Å²) in [5.41, 5.74) is 0. The predicted molar refractivity (Wildman–Crippen MR) is 74.2 cm³/mol. The maximum absolute atomic E-state index is 12.4. The highest BCUT2D eigenvalue weighted by atomic mass is 32.2. The first-order chi connectivity index (χ1) is 9.13. The Labute approximate surface area is 119 Å². The molecule has 1 aromatic rings. The Morgan fingerprint density at radius 2 is 1.70 bits per heavy atom. The summed E-state index contributed by atoms with van der Waals surface area (Å²) in [6, 6.07) is 5.32. The number of hydrogen-bond donors (Lipinski definition) is 2. The van der Waals surface area contributed by atoms with E-state index in [0.29, 0.717) is 0 Å². The van der Waals surface area contributed by atoms with E-state index in [2.05, 4.69) is 4.72 Å². The number of rotatable bonds is 6. The molecule has 7 nitrogen and oxygen atoms in total. The summed E-state index contributed by atoms with van der Waals surface area (Å²) in [5.74, 6) is 0. The lowest BCUT2D eigenvalue weighted by Crippen LogP contribution is -2.34. The zero-order valence-corrected chi connectivity index (χ0v) is 13.1. The Hall–Kier alpha value is -1.00. The van der Waals surface area contributed by atoms with Crippen LogP contribution in [-0.2, 0) is 20.0 Å². The Morgan fingerprint density at radius 3 is 2.15 bits per heavy atom. The fourth-order valence-corrected chi connectivity index (χ4v) is 4.41. The van der Waals surface area contributed by atoms with Gasteiger partial charge in [-0.05, 0) is 26.1 Å². The average Bonchev–Trinajstić information content (AvgIpc) is 2.38. The third-order valence-electron chi connectivity index (χ3n) is 2.62. The van der Waals surface area contributed by atoms with Gasteiger partial charge in [0.2, 0.25) is 20.0 Å². The molecule has 0 saturated heterocycles. The van der Waals surface area contributed by atoms with E-state index in [0.717, 1.165) is 4.31 Å². The van der Waals surface area contributed by atoms with Gasteiger partial charge in [0.05, 0.1) is 6.10 Å². The fourth-order valence-electron chi connectivity index (χ4n) is 1.63. The van der Waals surface area contributed by atoms with Gasteiger partial charge in [-0.25, -0.2) is 21.6 Å². The van der Waals surface area contributed by atoms with E-state index in [-0.39, 0.29) is 16.3 Å². The van der Waals surface area contributed by atoms with E-state index < -0.39 is 26.2 Å². The Balaban J connectivity index is 3.41. The molecule has 9 heteroatoms. The Kier molecular flexibility index (Phi) is 5.27. The van der Waals surface area contributed by atoms with Crippen molar-refractivity contribution in [2.24, 2.45) is 0 Å². The second-order valence-corrected chi connectivity index (χ2v) is 8.16. The lowest BCUT2D eigenvalue weighted by atomic mass is 10.4. The van der Waals surface area contributed by atoms with Crippen LogP contribution in [0.5, 0.6) is 0 Å². The number of nitrogens with zero attached hydrogens (tertiary/aromatic N) is 1. The van der Waals surface area contributed by atoms with Crippen LogP contribution in [0.2, 0.25) is 0 Å². The molecule has 0 amide bonds. The van der Waals surface area contributed by atoms with Crippen LogP contribution < -0.4 is 4.72 Å². The van der Waals surface area contributed by atoms with Gasteiger partial charge in [0.25, 0.3) is 0 Å². The number of benzene rings is 1. The third kappa shape index (κ3) is 3.55. The summed E-state index contributed by atoms with van der Waals surface area (Å²) >= 11 is 0. The molecule has 0 saturated carbocycles. The molecule has 1 atom stereocenters. The molecule has 0 spiro atoms. The van der Waals surface area contributed by atoms with Crippen molar-refractivity contribution in [2.45, 2.75) is 22.8 Å². The van der Waals surface area contributed by atoms with E-state index in [9.17, 15) is 21.9 Å². The van der Waals surface area contributed by atoms with Crippen molar-refractivity contribution in [3.8, 4) is 0 Å². The summed E-state index contributed by atoms with van der Waals surface area (Å²) in [6.07, 6.45) is -0.858. The highest BCUT2D eigenvalue weighted by Crippen LogP contribution is 2.23. The molecule has 0 radical (unpaired) electrons. The van der Waals surface area contributed by atoms with Gasteiger partial charge in [0.1, 0.15) is 9.79 Å². The van der Waals surface area contributed by atoms with E-state index in [1.54, 1.807) is 0 Å². The van der Waals surface area contributed by atoms with Gasteiger partial charge in [-0.3, -0.25) is 0 Å². The first-order valence-corrected chi connectivity index (χ1v) is 8.72. The number of aliphatic hydroxyl groups is 1. The molecule has 114 valence electrons. The van der Waals surface area contributed by atoms with Gasteiger partial charge >= 0.3 is 0 Å². The third-order valence-corrected chi connectivity index (χ3v) is 6.10. The molecule has 0 aliphatic rings. The topological polar surface area (TPSA) is 104 Å². The Bertz CT molecular complexity index is 668. The zero-order valence-electron chi connectivity index (χ0n) is 11.4. The summed E-state index contributed by atoms with van der Waals surface area (Å²) in [7, 11) is -5.41. The van der Waals surface area contributed by atoms with Crippen molar-refractivity contribution < 1.29 is 21.9 Å². The minimum atomic E-state index is -4.00. The maximum atomic E-state index is 12.4. The lowest BCUT2D eigenvalue weighted by molar-refractivity contribution is 0.171. The smallest absolute Gasteiger partial charge is 0.244 e. The fraction of sp³-hybridized carbons (Fsp3) is 0.455. The molecule has 0 heterocycles. The van der Waals surface area contributed by atoms with Crippen molar-refractivity contribution in [3.05, 3.63) is 24.3 Å². The average molecular weight is 322 g/mol. The van der Waals surface area contributed by atoms with Crippen molar-refractivity contribution in [1.82, 2.24) is 9.03 Å². The van der Waals surface area contributed by atoms with E-state index >= 15 is 0 Å². The Morgan fingerprint density at radius 1 is 1.20 bits per heavy atom. The number of nitrogens with one attached hydrogen (secondary N) is 1. The predicted octanol–water partition coefficient (Wildman–Crippen LogP) is -0.404. The maximum Gasteiger partial charge on any atom is 0.244 e. The minimum absolute atomic E-state index is 0.129. The van der Waals surface area contributed by atoms with Crippen LogP contribution in [0.4, 0.5) is 0 Å². The molecular formula is C11H18N2O5S2. The molecule has 0 aromatic heterocycles. The van der Waals surface area contributed by atoms with Crippen LogP contribution in [0, 0.1) is 0 Å².